The van der Waals surface area contributed by atoms with Crippen LogP contribution in [-0.2, 0) is 0 Å². The molecular weight excluding hydrogens is 324 g/mol. The molecule has 0 aliphatic heterocycles. The van der Waals surface area contributed by atoms with Gasteiger partial charge in [0.05, 0.1) is 16.7 Å². The SMILES string of the molecule is C=C(NOc1cccc([N+](=O)[O-])c1)c1ccc(Br)cc1. The molecule has 0 aromatic heterocycles. The van der Waals surface area contributed by atoms with Crippen molar-refractivity contribution in [1.29, 1.82) is 0 Å². The number of nitro groups is 1. The molecular formula is C14H11BrN2O3. The molecule has 2 rings (SSSR count). The first-order chi connectivity index (χ1) is 9.56. The van der Waals surface area contributed by atoms with Crippen molar-refractivity contribution in [1.82, 2.24) is 5.48 Å². The molecule has 5 nitrogen and oxygen atoms in total. The van der Waals surface area contributed by atoms with E-state index in [2.05, 4.69) is 28.0 Å². The number of hydrogen-bond donors (Lipinski definition) is 1. The van der Waals surface area contributed by atoms with E-state index in [1.165, 1.54) is 12.1 Å². The molecule has 6 heteroatoms. The van der Waals surface area contributed by atoms with Gasteiger partial charge in [-0.05, 0) is 18.2 Å². The van der Waals surface area contributed by atoms with Gasteiger partial charge in [-0.1, -0.05) is 40.7 Å². The van der Waals surface area contributed by atoms with E-state index in [0.29, 0.717) is 11.4 Å². The number of rotatable bonds is 5. The molecule has 0 saturated heterocycles. The standard InChI is InChI=1S/C14H11BrN2O3/c1-10(11-5-7-12(15)8-6-11)16-20-14-4-2-3-13(9-14)17(18)19/h2-9,16H,1H2. The average molecular weight is 335 g/mol. The van der Waals surface area contributed by atoms with Crippen LogP contribution in [0.4, 0.5) is 5.69 Å². The summed E-state index contributed by atoms with van der Waals surface area (Å²) in [6.45, 7) is 3.84. The summed E-state index contributed by atoms with van der Waals surface area (Å²) in [4.78, 5) is 15.5. The van der Waals surface area contributed by atoms with Gasteiger partial charge in [-0.3, -0.25) is 10.1 Å². The summed E-state index contributed by atoms with van der Waals surface area (Å²) in [6, 6.07) is 13.4. The maximum Gasteiger partial charge on any atom is 0.273 e. The van der Waals surface area contributed by atoms with Crippen LogP contribution in [0.15, 0.2) is 59.6 Å². The van der Waals surface area contributed by atoms with E-state index in [1.807, 2.05) is 24.3 Å². The largest absolute Gasteiger partial charge is 0.382 e. The van der Waals surface area contributed by atoms with Gasteiger partial charge in [0.15, 0.2) is 5.75 Å². The number of nitrogens with one attached hydrogen (secondary N) is 1. The van der Waals surface area contributed by atoms with Crippen molar-refractivity contribution in [3.05, 3.63) is 75.3 Å². The lowest BCUT2D eigenvalue weighted by Crippen LogP contribution is -2.16. The molecule has 0 fully saturated rings. The Morgan fingerprint density at radius 1 is 1.25 bits per heavy atom. The summed E-state index contributed by atoms with van der Waals surface area (Å²) in [5.74, 6) is 0.345. The predicted octanol–water partition coefficient (Wildman–Crippen LogP) is 3.91. The van der Waals surface area contributed by atoms with Gasteiger partial charge in [0.1, 0.15) is 0 Å². The van der Waals surface area contributed by atoms with Gasteiger partial charge in [0, 0.05) is 16.1 Å². The molecule has 0 atom stereocenters. The minimum Gasteiger partial charge on any atom is -0.382 e. The van der Waals surface area contributed by atoms with Gasteiger partial charge >= 0.3 is 0 Å². The molecule has 0 aliphatic rings. The Labute approximate surface area is 124 Å². The minimum atomic E-state index is -0.476. The van der Waals surface area contributed by atoms with Gasteiger partial charge in [0.25, 0.3) is 5.69 Å². The minimum absolute atomic E-state index is 0.0291. The lowest BCUT2D eigenvalue weighted by molar-refractivity contribution is -0.385. The number of non-ortho nitro benzene ring substituents is 1. The third kappa shape index (κ3) is 3.58. The van der Waals surface area contributed by atoms with Crippen molar-refractivity contribution in [3.63, 3.8) is 0 Å². The molecule has 102 valence electrons. The fourth-order valence-electron chi connectivity index (χ4n) is 1.49. The van der Waals surface area contributed by atoms with Crippen molar-refractivity contribution < 1.29 is 9.76 Å². The monoisotopic (exact) mass is 334 g/mol. The van der Waals surface area contributed by atoms with Crippen molar-refractivity contribution in [2.24, 2.45) is 0 Å². The van der Waals surface area contributed by atoms with Crippen LogP contribution in [0.1, 0.15) is 5.56 Å². The lowest BCUT2D eigenvalue weighted by Gasteiger charge is -2.10. The van der Waals surface area contributed by atoms with Gasteiger partial charge in [-0.15, -0.1) is 0 Å². The summed E-state index contributed by atoms with van der Waals surface area (Å²) in [7, 11) is 0. The molecule has 0 heterocycles. The van der Waals surface area contributed by atoms with Crippen LogP contribution in [0.25, 0.3) is 5.70 Å². The van der Waals surface area contributed by atoms with Gasteiger partial charge in [-0.2, -0.15) is 0 Å². The van der Waals surface area contributed by atoms with E-state index in [9.17, 15) is 10.1 Å². The third-order valence-electron chi connectivity index (χ3n) is 2.51. The second-order valence-corrected chi connectivity index (χ2v) is 4.86. The van der Waals surface area contributed by atoms with Crippen molar-refractivity contribution in [3.8, 4) is 5.75 Å². The highest BCUT2D eigenvalue weighted by Gasteiger charge is 2.07. The smallest absolute Gasteiger partial charge is 0.273 e. The molecule has 0 aliphatic carbocycles. The van der Waals surface area contributed by atoms with Crippen LogP contribution in [0.2, 0.25) is 0 Å². The maximum absolute atomic E-state index is 10.7. The summed E-state index contributed by atoms with van der Waals surface area (Å²) in [6.07, 6.45) is 0. The Kier molecular flexibility index (Phi) is 4.37. The second-order valence-electron chi connectivity index (χ2n) is 3.94. The first kappa shape index (κ1) is 14.1. The number of nitro benzene ring substituents is 1. The van der Waals surface area contributed by atoms with E-state index >= 15 is 0 Å². The zero-order valence-electron chi connectivity index (χ0n) is 10.4. The Morgan fingerprint density at radius 3 is 2.60 bits per heavy atom. The zero-order chi connectivity index (χ0) is 14.5. The van der Waals surface area contributed by atoms with Crippen molar-refractivity contribution in [2.45, 2.75) is 0 Å². The molecule has 0 amide bonds. The highest BCUT2D eigenvalue weighted by molar-refractivity contribution is 9.10. The van der Waals surface area contributed by atoms with Crippen LogP contribution < -0.4 is 10.3 Å². The number of hydrogen-bond acceptors (Lipinski definition) is 4. The summed E-state index contributed by atoms with van der Waals surface area (Å²) in [5.41, 5.74) is 4.06. The average Bonchev–Trinajstić information content (AvgIpc) is 2.46. The van der Waals surface area contributed by atoms with E-state index in [0.717, 1.165) is 10.0 Å². The highest BCUT2D eigenvalue weighted by atomic mass is 79.9. The number of halogens is 1. The molecule has 0 unspecified atom stereocenters. The number of benzene rings is 2. The predicted molar refractivity (Wildman–Crippen MR) is 80.0 cm³/mol. The fraction of sp³-hybridized carbons (Fsp3) is 0. The Morgan fingerprint density at radius 2 is 1.95 bits per heavy atom. The molecule has 0 radical (unpaired) electrons. The normalized spacial score (nSPS) is 9.85. The van der Waals surface area contributed by atoms with Gasteiger partial charge in [0.2, 0.25) is 0 Å². The molecule has 0 saturated carbocycles. The Hall–Kier alpha value is -2.34. The van der Waals surface area contributed by atoms with E-state index in [1.54, 1.807) is 12.1 Å². The second kappa shape index (κ2) is 6.21. The zero-order valence-corrected chi connectivity index (χ0v) is 12.0. The van der Waals surface area contributed by atoms with Crippen LogP contribution in [-0.4, -0.2) is 4.92 Å². The number of hydroxylamine groups is 1. The van der Waals surface area contributed by atoms with E-state index < -0.39 is 4.92 Å². The molecule has 1 N–H and O–H groups in total. The molecule has 2 aromatic rings. The van der Waals surface area contributed by atoms with Crippen LogP contribution in [0, 0.1) is 10.1 Å². The first-order valence-electron chi connectivity index (χ1n) is 5.68. The number of nitrogens with zero attached hydrogens (tertiary/aromatic N) is 1. The summed E-state index contributed by atoms with van der Waals surface area (Å²) < 4.78 is 0.966. The van der Waals surface area contributed by atoms with Crippen LogP contribution in [0.5, 0.6) is 5.75 Å². The van der Waals surface area contributed by atoms with Crippen LogP contribution >= 0.6 is 15.9 Å². The van der Waals surface area contributed by atoms with E-state index in [4.69, 9.17) is 4.84 Å². The quantitative estimate of drug-likeness (QED) is 0.665. The van der Waals surface area contributed by atoms with Gasteiger partial charge < -0.3 is 4.84 Å². The molecule has 2 aromatic carbocycles. The van der Waals surface area contributed by atoms with Crippen LogP contribution in [0.3, 0.4) is 0 Å². The Balaban J connectivity index is 2.01. The fourth-order valence-corrected chi connectivity index (χ4v) is 1.76. The molecule has 0 bridgehead atoms. The molecule has 20 heavy (non-hydrogen) atoms. The Bertz CT molecular complexity index is 641. The lowest BCUT2D eigenvalue weighted by atomic mass is 10.2. The van der Waals surface area contributed by atoms with Gasteiger partial charge in [-0.25, -0.2) is 5.48 Å². The van der Waals surface area contributed by atoms with Crippen molar-refractivity contribution >= 4 is 27.3 Å². The molecule has 0 spiro atoms. The topological polar surface area (TPSA) is 64.4 Å². The van der Waals surface area contributed by atoms with E-state index in [-0.39, 0.29) is 5.69 Å². The maximum atomic E-state index is 10.7. The highest BCUT2D eigenvalue weighted by Crippen LogP contribution is 2.20. The van der Waals surface area contributed by atoms with Crippen molar-refractivity contribution in [2.75, 3.05) is 0 Å². The third-order valence-corrected chi connectivity index (χ3v) is 3.04. The first-order valence-corrected chi connectivity index (χ1v) is 6.48. The summed E-state index contributed by atoms with van der Waals surface area (Å²) in [5, 5.41) is 10.7. The summed E-state index contributed by atoms with van der Waals surface area (Å²) >= 11 is 3.35.